The number of rotatable bonds is 4. The van der Waals surface area contributed by atoms with Gasteiger partial charge in [0.05, 0.1) is 11.3 Å². The molecule has 33 heavy (non-hydrogen) atoms. The fraction of sp³-hybridized carbons (Fsp3) is 0.643. The fourth-order valence-electron chi connectivity index (χ4n) is 5.86. The van der Waals surface area contributed by atoms with Gasteiger partial charge in [0.25, 0.3) is 5.91 Å². The number of carbonyl (C=O) groups excluding carboxylic acids is 2. The predicted molar refractivity (Wildman–Crippen MR) is 133 cm³/mol. The number of fused-ring (bicyclic) bond motifs is 1. The van der Waals surface area contributed by atoms with Gasteiger partial charge in [0.2, 0.25) is 0 Å². The highest BCUT2D eigenvalue weighted by molar-refractivity contribution is 6.34. The quantitative estimate of drug-likeness (QED) is 0.451. The third kappa shape index (κ3) is 5.34. The van der Waals surface area contributed by atoms with Crippen LogP contribution in [0.3, 0.4) is 0 Å². The lowest BCUT2D eigenvalue weighted by Gasteiger charge is -2.43. The van der Waals surface area contributed by atoms with Crippen LogP contribution in [-0.2, 0) is 14.3 Å². The summed E-state index contributed by atoms with van der Waals surface area (Å²) in [6.45, 7) is 12.3. The monoisotopic (exact) mass is 452 g/mol. The largest absolute Gasteiger partial charge is 0.457 e. The Balaban J connectivity index is 1.44. The highest BCUT2D eigenvalue weighted by Gasteiger charge is 2.39. The van der Waals surface area contributed by atoms with E-state index in [0.717, 1.165) is 49.0 Å². The third-order valence-corrected chi connectivity index (χ3v) is 7.64. The molecular formula is C28H40N2O3. The molecule has 5 nitrogen and oxygen atoms in total. The number of piperidine rings is 1. The van der Waals surface area contributed by atoms with Crippen LogP contribution in [0.25, 0.3) is 5.57 Å². The average Bonchev–Trinajstić information content (AvgIpc) is 3.04. The van der Waals surface area contributed by atoms with Gasteiger partial charge in [-0.25, -0.2) is 4.79 Å². The van der Waals surface area contributed by atoms with Crippen LogP contribution in [-0.4, -0.2) is 47.6 Å². The highest BCUT2D eigenvalue weighted by Crippen LogP contribution is 2.40. The molecule has 1 amide bonds. The van der Waals surface area contributed by atoms with E-state index in [1.165, 1.54) is 31.8 Å². The van der Waals surface area contributed by atoms with E-state index in [-0.39, 0.29) is 11.9 Å². The van der Waals surface area contributed by atoms with Gasteiger partial charge >= 0.3 is 5.97 Å². The topological polar surface area (TPSA) is 49.9 Å². The molecule has 1 saturated carbocycles. The minimum absolute atomic E-state index is 0.0713. The molecule has 1 aromatic rings. The van der Waals surface area contributed by atoms with E-state index in [1.54, 1.807) is 0 Å². The number of hydrogen-bond donors (Lipinski definition) is 0. The Bertz CT molecular complexity index is 898. The Hall–Kier alpha value is -2.14. The molecule has 2 fully saturated rings. The summed E-state index contributed by atoms with van der Waals surface area (Å²) in [4.78, 5) is 30.5. The van der Waals surface area contributed by atoms with Crippen molar-refractivity contribution in [3.8, 4) is 0 Å². The third-order valence-electron chi connectivity index (χ3n) is 7.64. The second-order valence-corrected chi connectivity index (χ2v) is 11.4. The molecule has 180 valence electrons. The molecular weight excluding hydrogens is 412 g/mol. The maximum absolute atomic E-state index is 13.5. The molecule has 0 spiro atoms. The van der Waals surface area contributed by atoms with Gasteiger partial charge in [-0.15, -0.1) is 0 Å². The Labute approximate surface area is 199 Å². The fourth-order valence-corrected chi connectivity index (χ4v) is 5.86. The van der Waals surface area contributed by atoms with Crippen molar-refractivity contribution in [2.75, 3.05) is 18.0 Å². The van der Waals surface area contributed by atoms with Gasteiger partial charge in [0, 0.05) is 36.8 Å². The summed E-state index contributed by atoms with van der Waals surface area (Å²) in [5, 5.41) is 0. The smallest absolute Gasteiger partial charge is 0.332 e. The summed E-state index contributed by atoms with van der Waals surface area (Å²) >= 11 is 0. The zero-order valence-corrected chi connectivity index (χ0v) is 21.0. The van der Waals surface area contributed by atoms with E-state index in [4.69, 9.17) is 4.74 Å². The van der Waals surface area contributed by atoms with Crippen LogP contribution in [0.2, 0.25) is 0 Å². The molecule has 0 bridgehead atoms. The first-order chi connectivity index (χ1) is 15.6. The molecule has 3 aliphatic rings. The van der Waals surface area contributed by atoms with Gasteiger partial charge in [0.15, 0.2) is 0 Å². The first-order valence-electron chi connectivity index (χ1n) is 12.8. The van der Waals surface area contributed by atoms with Crippen molar-refractivity contribution in [1.82, 2.24) is 4.90 Å². The van der Waals surface area contributed by atoms with E-state index in [1.807, 2.05) is 49.9 Å². The number of esters is 1. The Morgan fingerprint density at radius 3 is 2.24 bits per heavy atom. The first kappa shape index (κ1) is 24.0. The average molecular weight is 453 g/mol. The predicted octanol–water partition coefficient (Wildman–Crippen LogP) is 5.44. The molecule has 4 rings (SSSR count). The number of hydrogen-bond acceptors (Lipinski definition) is 4. The molecule has 0 unspecified atom stereocenters. The van der Waals surface area contributed by atoms with Crippen molar-refractivity contribution in [2.24, 2.45) is 11.8 Å². The molecule has 0 radical (unpaired) electrons. The van der Waals surface area contributed by atoms with Crippen molar-refractivity contribution in [3.63, 3.8) is 0 Å². The van der Waals surface area contributed by atoms with Crippen molar-refractivity contribution in [1.29, 1.82) is 0 Å². The first-order valence-corrected chi connectivity index (χ1v) is 12.8. The SMILES string of the molecule is CC(C)C1CCC(N2CCC(N3C(=O)/C(=C\C(=O)OC(C)(C)C)c4ccccc43)CC2)CC1. The van der Waals surface area contributed by atoms with Gasteiger partial charge in [0.1, 0.15) is 5.60 Å². The number of nitrogens with zero attached hydrogens (tertiary/aromatic N) is 2. The zero-order chi connectivity index (χ0) is 23.8. The lowest BCUT2D eigenvalue weighted by Crippen LogP contribution is -2.49. The standard InChI is InChI=1S/C28H40N2O3/c1-19(2)20-10-12-21(13-11-20)29-16-14-22(15-17-29)30-25-9-7-6-8-23(25)24(27(30)32)18-26(31)33-28(3,4)5/h6-9,18-22H,10-17H2,1-5H3/b24-18-. The second kappa shape index (κ2) is 9.61. The lowest BCUT2D eigenvalue weighted by molar-refractivity contribution is -0.148. The van der Waals surface area contributed by atoms with Crippen molar-refractivity contribution >= 4 is 23.1 Å². The number of carbonyl (C=O) groups is 2. The molecule has 1 aromatic carbocycles. The van der Waals surface area contributed by atoms with Crippen LogP contribution in [0.5, 0.6) is 0 Å². The van der Waals surface area contributed by atoms with E-state index in [0.29, 0.717) is 11.6 Å². The van der Waals surface area contributed by atoms with Crippen LogP contribution >= 0.6 is 0 Å². The van der Waals surface area contributed by atoms with E-state index >= 15 is 0 Å². The lowest BCUT2D eigenvalue weighted by atomic mass is 9.79. The number of ether oxygens (including phenoxy) is 1. The molecule has 0 atom stereocenters. The van der Waals surface area contributed by atoms with Crippen LogP contribution in [0.15, 0.2) is 30.3 Å². The molecule has 2 aliphatic heterocycles. The summed E-state index contributed by atoms with van der Waals surface area (Å²) in [6.07, 6.45) is 8.64. The summed E-state index contributed by atoms with van der Waals surface area (Å²) in [5.41, 5.74) is 1.63. The van der Waals surface area contributed by atoms with Gasteiger partial charge in [-0.05, 0) is 77.2 Å². The Kier molecular flexibility index (Phi) is 6.99. The maximum atomic E-state index is 13.5. The minimum atomic E-state index is -0.587. The molecule has 5 heteroatoms. The summed E-state index contributed by atoms with van der Waals surface area (Å²) in [5.74, 6) is 1.14. The van der Waals surface area contributed by atoms with Crippen molar-refractivity contribution < 1.29 is 14.3 Å². The van der Waals surface area contributed by atoms with Crippen molar-refractivity contribution in [3.05, 3.63) is 35.9 Å². The number of anilines is 1. The van der Waals surface area contributed by atoms with E-state index < -0.39 is 11.6 Å². The normalized spacial score (nSPS) is 26.2. The van der Waals surface area contributed by atoms with E-state index in [9.17, 15) is 9.59 Å². The Morgan fingerprint density at radius 2 is 1.64 bits per heavy atom. The number of benzene rings is 1. The number of para-hydroxylation sites is 1. The zero-order valence-electron chi connectivity index (χ0n) is 21.0. The maximum Gasteiger partial charge on any atom is 0.332 e. The highest BCUT2D eigenvalue weighted by atomic mass is 16.6. The van der Waals surface area contributed by atoms with Gasteiger partial charge in [-0.1, -0.05) is 32.0 Å². The summed E-state index contributed by atoms with van der Waals surface area (Å²) in [6, 6.07) is 8.71. The van der Waals surface area contributed by atoms with Crippen LogP contribution in [0, 0.1) is 11.8 Å². The number of amides is 1. The van der Waals surface area contributed by atoms with Crippen LogP contribution in [0.4, 0.5) is 5.69 Å². The number of likely N-dealkylation sites (tertiary alicyclic amines) is 1. The summed E-state index contributed by atoms with van der Waals surface area (Å²) in [7, 11) is 0. The van der Waals surface area contributed by atoms with Crippen LogP contribution < -0.4 is 4.90 Å². The minimum Gasteiger partial charge on any atom is -0.457 e. The van der Waals surface area contributed by atoms with Gasteiger partial charge < -0.3 is 14.5 Å². The van der Waals surface area contributed by atoms with E-state index in [2.05, 4.69) is 18.7 Å². The second-order valence-electron chi connectivity index (χ2n) is 11.4. The molecule has 1 saturated heterocycles. The van der Waals surface area contributed by atoms with Gasteiger partial charge in [-0.3, -0.25) is 4.79 Å². The van der Waals surface area contributed by atoms with Crippen LogP contribution in [0.1, 0.15) is 78.7 Å². The molecule has 1 aliphatic carbocycles. The summed E-state index contributed by atoms with van der Waals surface area (Å²) < 4.78 is 5.45. The van der Waals surface area contributed by atoms with Gasteiger partial charge in [-0.2, -0.15) is 0 Å². The molecule has 0 aromatic heterocycles. The Morgan fingerprint density at radius 1 is 1.00 bits per heavy atom. The molecule has 2 heterocycles. The molecule has 0 N–H and O–H groups in total. The van der Waals surface area contributed by atoms with Crippen molar-refractivity contribution in [2.45, 2.75) is 90.8 Å².